The molecule has 18 heavy (non-hydrogen) atoms. The van der Waals surface area contributed by atoms with Gasteiger partial charge in [0.25, 0.3) is 0 Å². The molecule has 2 aromatic rings. The molecule has 0 amide bonds. The highest BCUT2D eigenvalue weighted by atomic mass is 15.3. The van der Waals surface area contributed by atoms with Gasteiger partial charge in [0.2, 0.25) is 0 Å². The van der Waals surface area contributed by atoms with Crippen LogP contribution in [0.1, 0.15) is 24.4 Å². The second-order valence-electron chi connectivity index (χ2n) is 4.74. The van der Waals surface area contributed by atoms with Gasteiger partial charge in [-0.05, 0) is 24.6 Å². The van der Waals surface area contributed by atoms with Crippen LogP contribution in [0.15, 0.2) is 30.6 Å². The molecule has 0 unspecified atom stereocenters. The highest BCUT2D eigenvalue weighted by Crippen LogP contribution is 2.21. The molecule has 0 fully saturated rings. The molecule has 0 aliphatic carbocycles. The van der Waals surface area contributed by atoms with Crippen molar-refractivity contribution in [2.75, 3.05) is 11.4 Å². The Morgan fingerprint density at radius 1 is 1.22 bits per heavy atom. The van der Waals surface area contributed by atoms with Crippen molar-refractivity contribution in [3.05, 3.63) is 42.0 Å². The van der Waals surface area contributed by atoms with Crippen LogP contribution in [0.5, 0.6) is 0 Å². The minimum Gasteiger partial charge on any atom is -0.362 e. The van der Waals surface area contributed by atoms with E-state index in [0.717, 1.165) is 25.5 Å². The molecule has 2 heterocycles. The monoisotopic (exact) mass is 243 g/mol. The molecule has 5 nitrogen and oxygen atoms in total. The summed E-state index contributed by atoms with van der Waals surface area (Å²) in [5.41, 5.74) is 8.24. The molecule has 0 spiro atoms. The number of anilines is 1. The van der Waals surface area contributed by atoms with E-state index >= 15 is 0 Å². The van der Waals surface area contributed by atoms with Crippen LogP contribution in [0.2, 0.25) is 0 Å². The van der Waals surface area contributed by atoms with E-state index in [2.05, 4.69) is 43.9 Å². The van der Waals surface area contributed by atoms with E-state index in [4.69, 9.17) is 5.73 Å². The average Bonchev–Trinajstić information content (AvgIpc) is 2.86. The van der Waals surface area contributed by atoms with Crippen LogP contribution in [0, 0.1) is 0 Å². The Balaban J connectivity index is 1.80. The number of benzene rings is 1. The summed E-state index contributed by atoms with van der Waals surface area (Å²) in [4.78, 5) is 2.31. The third-order valence-electron chi connectivity index (χ3n) is 3.42. The second-order valence-corrected chi connectivity index (χ2v) is 4.74. The summed E-state index contributed by atoms with van der Waals surface area (Å²) in [5, 5.41) is 8.07. The van der Waals surface area contributed by atoms with Crippen molar-refractivity contribution in [2.24, 2.45) is 5.73 Å². The van der Waals surface area contributed by atoms with E-state index in [1.54, 1.807) is 6.33 Å². The van der Waals surface area contributed by atoms with Gasteiger partial charge in [-0.25, -0.2) is 0 Å². The number of hydrogen-bond donors (Lipinski definition) is 1. The van der Waals surface area contributed by atoms with Gasteiger partial charge in [-0.3, -0.25) is 0 Å². The molecule has 1 aromatic carbocycles. The third kappa shape index (κ3) is 1.97. The molecule has 1 aliphatic heterocycles. The zero-order valence-electron chi connectivity index (χ0n) is 10.5. The smallest absolute Gasteiger partial charge is 0.152 e. The Hall–Kier alpha value is -1.88. The third-order valence-corrected chi connectivity index (χ3v) is 3.42. The Labute approximate surface area is 106 Å². The first kappa shape index (κ1) is 11.2. The Morgan fingerprint density at radius 2 is 2.00 bits per heavy atom. The molecule has 1 aromatic heterocycles. The van der Waals surface area contributed by atoms with Gasteiger partial charge in [-0.15, -0.1) is 10.2 Å². The molecule has 0 radical (unpaired) electrons. The topological polar surface area (TPSA) is 60.0 Å². The standard InChI is InChI=1S/C13H17N5/c1-10(14)11-2-4-12(5-3-11)17-6-7-18-9-15-16-13(18)8-17/h2-5,9-10H,6-8,14H2,1H3/t10-/m0/s1. The van der Waals surface area contributed by atoms with E-state index in [1.807, 2.05) is 6.92 Å². The van der Waals surface area contributed by atoms with Crippen molar-refractivity contribution in [1.82, 2.24) is 14.8 Å². The molecule has 0 saturated carbocycles. The number of nitrogens with zero attached hydrogens (tertiary/aromatic N) is 4. The lowest BCUT2D eigenvalue weighted by Crippen LogP contribution is -2.33. The summed E-state index contributed by atoms with van der Waals surface area (Å²) < 4.78 is 2.10. The predicted molar refractivity (Wildman–Crippen MR) is 70.1 cm³/mol. The van der Waals surface area contributed by atoms with Crippen molar-refractivity contribution < 1.29 is 0 Å². The first-order valence-corrected chi connectivity index (χ1v) is 6.21. The van der Waals surface area contributed by atoms with Crippen LogP contribution in [-0.2, 0) is 13.1 Å². The van der Waals surface area contributed by atoms with Gasteiger partial charge >= 0.3 is 0 Å². The maximum atomic E-state index is 5.86. The SMILES string of the molecule is C[C@H](N)c1ccc(N2CCn3cnnc3C2)cc1. The van der Waals surface area contributed by atoms with Gasteiger partial charge in [0.1, 0.15) is 6.33 Å². The van der Waals surface area contributed by atoms with Gasteiger partial charge in [-0.1, -0.05) is 12.1 Å². The summed E-state index contributed by atoms with van der Waals surface area (Å²) in [6.07, 6.45) is 1.80. The van der Waals surface area contributed by atoms with Gasteiger partial charge in [0.15, 0.2) is 5.82 Å². The summed E-state index contributed by atoms with van der Waals surface area (Å²) >= 11 is 0. The summed E-state index contributed by atoms with van der Waals surface area (Å²) in [6, 6.07) is 8.54. The maximum Gasteiger partial charge on any atom is 0.152 e. The van der Waals surface area contributed by atoms with Crippen LogP contribution >= 0.6 is 0 Å². The minimum atomic E-state index is 0.0866. The Kier molecular flexibility index (Phi) is 2.76. The second kappa shape index (κ2) is 4.42. The Bertz CT molecular complexity index is 529. The maximum absolute atomic E-state index is 5.86. The fourth-order valence-electron chi connectivity index (χ4n) is 2.28. The zero-order valence-corrected chi connectivity index (χ0v) is 10.5. The van der Waals surface area contributed by atoms with Crippen molar-refractivity contribution in [3.63, 3.8) is 0 Å². The van der Waals surface area contributed by atoms with Gasteiger partial charge in [-0.2, -0.15) is 0 Å². The van der Waals surface area contributed by atoms with Gasteiger partial charge in [0, 0.05) is 24.8 Å². The lowest BCUT2D eigenvalue weighted by molar-refractivity contribution is 0.560. The lowest BCUT2D eigenvalue weighted by Gasteiger charge is -2.29. The fraction of sp³-hybridized carbons (Fsp3) is 0.385. The van der Waals surface area contributed by atoms with Crippen molar-refractivity contribution in [3.8, 4) is 0 Å². The minimum absolute atomic E-state index is 0.0866. The van der Waals surface area contributed by atoms with Crippen LogP contribution in [-0.4, -0.2) is 21.3 Å². The summed E-state index contributed by atoms with van der Waals surface area (Å²) in [6.45, 7) is 4.75. The molecular formula is C13H17N5. The summed E-state index contributed by atoms with van der Waals surface area (Å²) in [7, 11) is 0. The molecule has 2 N–H and O–H groups in total. The summed E-state index contributed by atoms with van der Waals surface area (Å²) in [5.74, 6) is 1.03. The van der Waals surface area contributed by atoms with Crippen LogP contribution in [0.4, 0.5) is 5.69 Å². The van der Waals surface area contributed by atoms with Crippen molar-refractivity contribution >= 4 is 5.69 Å². The van der Waals surface area contributed by atoms with Crippen molar-refractivity contribution in [2.45, 2.75) is 26.1 Å². The van der Waals surface area contributed by atoms with Gasteiger partial charge in [0.05, 0.1) is 6.54 Å². The number of nitrogens with two attached hydrogens (primary N) is 1. The van der Waals surface area contributed by atoms with E-state index < -0.39 is 0 Å². The molecule has 94 valence electrons. The number of aromatic nitrogens is 3. The normalized spacial score (nSPS) is 16.4. The Morgan fingerprint density at radius 3 is 2.72 bits per heavy atom. The molecule has 1 aliphatic rings. The average molecular weight is 243 g/mol. The van der Waals surface area contributed by atoms with Crippen LogP contribution in [0.3, 0.4) is 0 Å². The van der Waals surface area contributed by atoms with E-state index in [0.29, 0.717) is 0 Å². The van der Waals surface area contributed by atoms with E-state index in [-0.39, 0.29) is 6.04 Å². The number of hydrogen-bond acceptors (Lipinski definition) is 4. The predicted octanol–water partition coefficient (Wildman–Crippen LogP) is 1.32. The number of fused-ring (bicyclic) bond motifs is 1. The largest absolute Gasteiger partial charge is 0.362 e. The first-order chi connectivity index (χ1) is 8.74. The number of rotatable bonds is 2. The molecule has 0 saturated heterocycles. The van der Waals surface area contributed by atoms with Gasteiger partial charge < -0.3 is 15.2 Å². The molecule has 0 bridgehead atoms. The fourth-order valence-corrected chi connectivity index (χ4v) is 2.28. The first-order valence-electron chi connectivity index (χ1n) is 6.21. The van der Waals surface area contributed by atoms with E-state index in [1.165, 1.54) is 11.3 Å². The highest BCUT2D eigenvalue weighted by molar-refractivity contribution is 5.48. The molecule has 5 heteroatoms. The van der Waals surface area contributed by atoms with Crippen LogP contribution < -0.4 is 10.6 Å². The highest BCUT2D eigenvalue weighted by Gasteiger charge is 2.17. The quantitative estimate of drug-likeness (QED) is 0.864. The van der Waals surface area contributed by atoms with Crippen LogP contribution in [0.25, 0.3) is 0 Å². The molecule has 1 atom stereocenters. The molecular weight excluding hydrogens is 226 g/mol. The van der Waals surface area contributed by atoms with E-state index in [9.17, 15) is 0 Å². The lowest BCUT2D eigenvalue weighted by atomic mass is 10.1. The molecule has 3 rings (SSSR count). The van der Waals surface area contributed by atoms with Crippen molar-refractivity contribution in [1.29, 1.82) is 0 Å². The zero-order chi connectivity index (χ0) is 12.5.